The molecule has 0 saturated heterocycles. The van der Waals surface area contributed by atoms with Crippen LogP contribution in [0.15, 0.2) is 59.6 Å². The van der Waals surface area contributed by atoms with Crippen molar-refractivity contribution in [1.29, 1.82) is 0 Å². The van der Waals surface area contributed by atoms with Crippen molar-refractivity contribution in [1.82, 2.24) is 5.73 Å². The first-order valence-corrected chi connectivity index (χ1v) is 5.29. The molecule has 2 aromatic rings. The van der Waals surface area contributed by atoms with Crippen molar-refractivity contribution < 1.29 is 4.74 Å². The first kappa shape index (κ1) is 11.2. The molecule has 0 atom stereocenters. The Hall–Kier alpha value is -2.29. The molecule has 0 saturated carbocycles. The Morgan fingerprint density at radius 1 is 1.00 bits per heavy atom. The quantitative estimate of drug-likeness (QED) is 0.585. The summed E-state index contributed by atoms with van der Waals surface area (Å²) in [6, 6.07) is 16.8. The van der Waals surface area contributed by atoms with E-state index in [4.69, 9.17) is 10.5 Å². The van der Waals surface area contributed by atoms with E-state index in [-0.39, 0.29) is 5.84 Å². The van der Waals surface area contributed by atoms with Crippen LogP contribution in [0.5, 0.6) is 5.75 Å². The summed E-state index contributed by atoms with van der Waals surface area (Å²) < 4.78 is 5.06. The molecule has 0 amide bonds. The third kappa shape index (κ3) is 2.84. The van der Waals surface area contributed by atoms with Crippen LogP contribution in [-0.2, 0) is 0 Å². The molecule has 2 aromatic carbocycles. The summed E-state index contributed by atoms with van der Waals surface area (Å²) in [5.74, 6) is 1.05. The van der Waals surface area contributed by atoms with Gasteiger partial charge in [-0.15, -0.1) is 0 Å². The predicted octanol–water partition coefficient (Wildman–Crippen LogP) is 3.06. The van der Waals surface area contributed by atoms with E-state index in [1.54, 1.807) is 7.11 Å². The van der Waals surface area contributed by atoms with Gasteiger partial charge in [0.05, 0.1) is 12.8 Å². The van der Waals surface area contributed by atoms with Crippen LogP contribution in [-0.4, -0.2) is 12.9 Å². The number of nitrogens with zero attached hydrogens (tertiary/aromatic N) is 1. The molecule has 17 heavy (non-hydrogen) atoms. The molecule has 3 heteroatoms. The molecule has 85 valence electrons. The smallest absolute Gasteiger partial charge is 0.152 e. The summed E-state index contributed by atoms with van der Waals surface area (Å²) in [7, 11) is 1.62. The summed E-state index contributed by atoms with van der Waals surface area (Å²) in [4.78, 5) is 4.23. The van der Waals surface area contributed by atoms with E-state index >= 15 is 0 Å². The summed E-state index contributed by atoms with van der Waals surface area (Å²) in [5.41, 5.74) is 9.43. The second kappa shape index (κ2) is 5.16. The lowest BCUT2D eigenvalue weighted by atomic mass is 10.2. The highest BCUT2D eigenvalue weighted by Crippen LogP contribution is 2.18. The third-order valence-electron chi connectivity index (χ3n) is 2.36. The number of hydrogen-bond acceptors (Lipinski definition) is 2. The Balaban J connectivity index is 2.23. The number of methoxy groups -OCH3 is 1. The van der Waals surface area contributed by atoms with Crippen molar-refractivity contribution in [3.63, 3.8) is 0 Å². The predicted molar refractivity (Wildman–Crippen MR) is 68.7 cm³/mol. The van der Waals surface area contributed by atoms with Crippen molar-refractivity contribution in [2.24, 2.45) is 4.99 Å². The molecule has 1 N–H and O–H groups in total. The average Bonchev–Trinajstić information content (AvgIpc) is 2.40. The van der Waals surface area contributed by atoms with Crippen LogP contribution < -0.4 is 10.5 Å². The van der Waals surface area contributed by atoms with Gasteiger partial charge in [-0.1, -0.05) is 30.3 Å². The molecule has 0 unspecified atom stereocenters. The second-order valence-corrected chi connectivity index (χ2v) is 3.52. The Morgan fingerprint density at radius 3 is 2.24 bits per heavy atom. The molecule has 3 nitrogen and oxygen atoms in total. The Morgan fingerprint density at radius 2 is 1.65 bits per heavy atom. The molecule has 0 fully saturated rings. The highest BCUT2D eigenvalue weighted by molar-refractivity contribution is 5.98. The van der Waals surface area contributed by atoms with Gasteiger partial charge in [0.15, 0.2) is 5.84 Å². The largest absolute Gasteiger partial charge is 0.497 e. The zero-order chi connectivity index (χ0) is 12.1. The Bertz CT molecular complexity index is 504. The minimum atomic E-state index is 0.260. The fourth-order valence-corrected chi connectivity index (χ4v) is 1.45. The van der Waals surface area contributed by atoms with Gasteiger partial charge in [0.1, 0.15) is 5.75 Å². The van der Waals surface area contributed by atoms with E-state index in [1.165, 1.54) is 0 Å². The minimum Gasteiger partial charge on any atom is -0.497 e. The maximum atomic E-state index is 7.87. The van der Waals surface area contributed by atoms with Crippen LogP contribution >= 0.6 is 0 Å². The molecule has 0 bridgehead atoms. The summed E-state index contributed by atoms with van der Waals surface area (Å²) in [5, 5.41) is 0. The SMILES string of the molecule is COc1ccc(N=C([NH])c2ccccc2)cc1. The zero-order valence-corrected chi connectivity index (χ0v) is 9.55. The average molecular weight is 225 g/mol. The molecule has 0 aromatic heterocycles. The fraction of sp³-hybridized carbons (Fsp3) is 0.0714. The summed E-state index contributed by atoms with van der Waals surface area (Å²) in [6.45, 7) is 0. The minimum absolute atomic E-state index is 0.260. The van der Waals surface area contributed by atoms with Gasteiger partial charge in [-0.3, -0.25) is 5.73 Å². The highest BCUT2D eigenvalue weighted by atomic mass is 16.5. The van der Waals surface area contributed by atoms with Crippen LogP contribution in [0.4, 0.5) is 5.69 Å². The molecule has 0 aliphatic rings. The number of ether oxygens (including phenoxy) is 1. The number of hydrogen-bond donors (Lipinski definition) is 0. The molecule has 2 rings (SSSR count). The first-order chi connectivity index (χ1) is 8.29. The monoisotopic (exact) mass is 225 g/mol. The van der Waals surface area contributed by atoms with Gasteiger partial charge in [0.2, 0.25) is 0 Å². The van der Waals surface area contributed by atoms with Crippen LogP contribution in [0.1, 0.15) is 5.56 Å². The lowest BCUT2D eigenvalue weighted by Gasteiger charge is -2.01. The zero-order valence-electron chi connectivity index (χ0n) is 9.55. The Kier molecular flexibility index (Phi) is 3.40. The van der Waals surface area contributed by atoms with Gasteiger partial charge in [0.25, 0.3) is 0 Å². The van der Waals surface area contributed by atoms with Crippen LogP contribution in [0.2, 0.25) is 0 Å². The standard InChI is InChI=1S/C14H13N2O/c1-17-13-9-7-12(8-10-13)16-14(15)11-5-3-2-4-6-11/h2-10,15H,1H3. The van der Waals surface area contributed by atoms with Crippen molar-refractivity contribution in [2.75, 3.05) is 7.11 Å². The van der Waals surface area contributed by atoms with E-state index in [0.717, 1.165) is 17.0 Å². The van der Waals surface area contributed by atoms with Gasteiger partial charge < -0.3 is 4.74 Å². The van der Waals surface area contributed by atoms with Gasteiger partial charge in [0, 0.05) is 5.56 Å². The van der Waals surface area contributed by atoms with E-state index in [0.29, 0.717) is 0 Å². The number of nitrogens with one attached hydrogen (secondary N) is 1. The van der Waals surface area contributed by atoms with Crippen molar-refractivity contribution in [2.45, 2.75) is 0 Å². The lowest BCUT2D eigenvalue weighted by molar-refractivity contribution is 0.415. The molecule has 0 aliphatic heterocycles. The van der Waals surface area contributed by atoms with Crippen molar-refractivity contribution >= 4 is 11.5 Å². The number of aliphatic imine (C=N–C) groups is 1. The van der Waals surface area contributed by atoms with Gasteiger partial charge in [-0.2, -0.15) is 0 Å². The molecule has 0 aliphatic carbocycles. The molecule has 0 spiro atoms. The summed E-state index contributed by atoms with van der Waals surface area (Å²) >= 11 is 0. The van der Waals surface area contributed by atoms with Crippen LogP contribution in [0.25, 0.3) is 0 Å². The van der Waals surface area contributed by atoms with Crippen LogP contribution in [0, 0.1) is 0 Å². The number of rotatable bonds is 3. The fourth-order valence-electron chi connectivity index (χ4n) is 1.45. The van der Waals surface area contributed by atoms with E-state index in [1.807, 2.05) is 54.6 Å². The van der Waals surface area contributed by atoms with Crippen molar-refractivity contribution in [3.05, 3.63) is 60.2 Å². The number of benzene rings is 2. The lowest BCUT2D eigenvalue weighted by Crippen LogP contribution is -1.99. The maximum absolute atomic E-state index is 7.87. The maximum Gasteiger partial charge on any atom is 0.152 e. The van der Waals surface area contributed by atoms with Crippen LogP contribution in [0.3, 0.4) is 0 Å². The normalized spacial score (nSPS) is 11.2. The third-order valence-corrected chi connectivity index (χ3v) is 2.36. The second-order valence-electron chi connectivity index (χ2n) is 3.52. The summed E-state index contributed by atoms with van der Waals surface area (Å²) in [6.07, 6.45) is 0. The molecular formula is C14H13N2O. The van der Waals surface area contributed by atoms with E-state index in [9.17, 15) is 0 Å². The molecule has 0 heterocycles. The molecule has 1 radical (unpaired) electrons. The highest BCUT2D eigenvalue weighted by Gasteiger charge is 1.98. The van der Waals surface area contributed by atoms with Gasteiger partial charge in [-0.05, 0) is 24.3 Å². The van der Waals surface area contributed by atoms with E-state index < -0.39 is 0 Å². The molecular weight excluding hydrogens is 212 g/mol. The topological polar surface area (TPSA) is 45.4 Å². The Labute approximate surface area is 101 Å². The van der Waals surface area contributed by atoms with Gasteiger partial charge in [-0.25, -0.2) is 4.99 Å². The number of amidine groups is 1. The van der Waals surface area contributed by atoms with E-state index in [2.05, 4.69) is 4.99 Å². The first-order valence-electron chi connectivity index (χ1n) is 5.29. The van der Waals surface area contributed by atoms with Gasteiger partial charge >= 0.3 is 0 Å². The van der Waals surface area contributed by atoms with Crippen molar-refractivity contribution in [3.8, 4) is 5.75 Å².